The third-order valence-electron chi connectivity index (χ3n) is 4.03. The number of carbonyl (C=O) groups is 1. The number of urea groups is 1. The number of nitrogens with zero attached hydrogens (tertiary/aromatic N) is 1. The highest BCUT2D eigenvalue weighted by atomic mass is 35.5. The summed E-state index contributed by atoms with van der Waals surface area (Å²) in [4.78, 5) is 14.3. The van der Waals surface area contributed by atoms with Gasteiger partial charge in [-0.05, 0) is 31.8 Å². The Labute approximate surface area is 163 Å². The van der Waals surface area contributed by atoms with Gasteiger partial charge in [0.05, 0.1) is 31.0 Å². The summed E-state index contributed by atoms with van der Waals surface area (Å²) in [5.41, 5.74) is 1.19. The van der Waals surface area contributed by atoms with Crippen molar-refractivity contribution in [2.24, 2.45) is 0 Å². The zero-order chi connectivity index (χ0) is 20.0. The van der Waals surface area contributed by atoms with E-state index in [0.29, 0.717) is 22.2 Å². The lowest BCUT2D eigenvalue weighted by Crippen LogP contribution is -2.37. The Balaban J connectivity index is 2.08. The summed E-state index contributed by atoms with van der Waals surface area (Å²) in [5.74, 6) is 0.505. The fraction of sp³-hybridized carbons (Fsp3) is 0.316. The maximum atomic E-state index is 13.5. The largest absolute Gasteiger partial charge is 0.495 e. The normalized spacial score (nSPS) is 11.8. The van der Waals surface area contributed by atoms with E-state index in [-0.39, 0.29) is 18.4 Å². The van der Waals surface area contributed by atoms with Gasteiger partial charge in [-0.1, -0.05) is 23.7 Å². The van der Waals surface area contributed by atoms with Crippen molar-refractivity contribution in [3.8, 4) is 11.5 Å². The number of likely N-dealkylation sites (N-methyl/N-ethyl adjacent to an activating group) is 1. The van der Waals surface area contributed by atoms with Gasteiger partial charge < -0.3 is 25.0 Å². The molecule has 27 heavy (non-hydrogen) atoms. The van der Waals surface area contributed by atoms with E-state index >= 15 is 0 Å². The molecule has 0 fully saturated rings. The molecular weight excluding hydrogens is 373 g/mol. The highest BCUT2D eigenvalue weighted by Gasteiger charge is 2.17. The monoisotopic (exact) mass is 395 g/mol. The second kappa shape index (κ2) is 9.43. The van der Waals surface area contributed by atoms with Gasteiger partial charge in [-0.15, -0.1) is 0 Å². The molecule has 2 aromatic carbocycles. The molecular formula is C19H23ClFN3O3. The summed E-state index contributed by atoms with van der Waals surface area (Å²) in [6, 6.07) is 8.83. The van der Waals surface area contributed by atoms with Crippen LogP contribution in [0.25, 0.3) is 0 Å². The van der Waals surface area contributed by atoms with Gasteiger partial charge >= 0.3 is 6.03 Å². The van der Waals surface area contributed by atoms with Crippen molar-refractivity contribution in [2.45, 2.75) is 6.04 Å². The number of ether oxygens (including phenoxy) is 2. The van der Waals surface area contributed by atoms with E-state index in [2.05, 4.69) is 10.6 Å². The van der Waals surface area contributed by atoms with Crippen LogP contribution in [0.4, 0.5) is 14.9 Å². The lowest BCUT2D eigenvalue weighted by molar-refractivity contribution is 0.243. The number of rotatable bonds is 7. The van der Waals surface area contributed by atoms with Crippen molar-refractivity contribution < 1.29 is 18.7 Å². The summed E-state index contributed by atoms with van der Waals surface area (Å²) in [7, 11) is 6.69. The van der Waals surface area contributed by atoms with Gasteiger partial charge in [0.25, 0.3) is 0 Å². The van der Waals surface area contributed by atoms with Crippen LogP contribution in [0.1, 0.15) is 11.6 Å². The van der Waals surface area contributed by atoms with Gasteiger partial charge in [-0.3, -0.25) is 0 Å². The topological polar surface area (TPSA) is 62.8 Å². The molecule has 0 spiro atoms. The van der Waals surface area contributed by atoms with Gasteiger partial charge in [0.15, 0.2) is 0 Å². The van der Waals surface area contributed by atoms with Crippen LogP contribution >= 0.6 is 11.6 Å². The molecule has 0 bridgehead atoms. The summed E-state index contributed by atoms with van der Waals surface area (Å²) in [6.07, 6.45) is 0. The van der Waals surface area contributed by atoms with Crippen molar-refractivity contribution in [1.82, 2.24) is 10.2 Å². The number of halogens is 2. The van der Waals surface area contributed by atoms with Crippen molar-refractivity contribution in [1.29, 1.82) is 0 Å². The Bertz CT molecular complexity index is 802. The summed E-state index contributed by atoms with van der Waals surface area (Å²) in [5, 5.41) is 5.88. The highest BCUT2D eigenvalue weighted by Crippen LogP contribution is 2.35. The van der Waals surface area contributed by atoms with E-state index < -0.39 is 6.03 Å². The first-order valence-corrected chi connectivity index (χ1v) is 8.61. The van der Waals surface area contributed by atoms with Gasteiger partial charge in [0.2, 0.25) is 0 Å². The Kier molecular flexibility index (Phi) is 7.27. The third-order valence-corrected chi connectivity index (χ3v) is 4.33. The van der Waals surface area contributed by atoms with Gasteiger partial charge in [-0.2, -0.15) is 0 Å². The predicted molar refractivity (Wildman–Crippen MR) is 104 cm³/mol. The molecule has 0 aliphatic heterocycles. The van der Waals surface area contributed by atoms with Crippen molar-refractivity contribution in [3.63, 3.8) is 0 Å². The van der Waals surface area contributed by atoms with E-state index in [9.17, 15) is 9.18 Å². The zero-order valence-corrected chi connectivity index (χ0v) is 16.4. The van der Waals surface area contributed by atoms with E-state index in [1.54, 1.807) is 18.2 Å². The molecule has 1 unspecified atom stereocenters. The average molecular weight is 396 g/mol. The molecule has 2 amide bonds. The van der Waals surface area contributed by atoms with Crippen molar-refractivity contribution in [2.75, 3.05) is 40.2 Å². The molecule has 146 valence electrons. The van der Waals surface area contributed by atoms with Crippen LogP contribution in [0.2, 0.25) is 5.02 Å². The standard InChI is InChI=1S/C19H23ClFN3O3/c1-24(2)16(12-6-5-7-13(21)8-12)11-22-19(25)23-15-10-17(26-3)14(20)9-18(15)27-4/h5-10,16H,11H2,1-4H3,(H2,22,23,25). The maximum Gasteiger partial charge on any atom is 0.319 e. The first kappa shape index (κ1) is 20.8. The Morgan fingerprint density at radius 2 is 1.89 bits per heavy atom. The molecule has 0 heterocycles. The van der Waals surface area contributed by atoms with Gasteiger partial charge in [0.1, 0.15) is 17.3 Å². The smallest absolute Gasteiger partial charge is 0.319 e. The molecule has 2 rings (SSSR count). The van der Waals surface area contributed by atoms with E-state index in [4.69, 9.17) is 21.1 Å². The number of nitrogens with one attached hydrogen (secondary N) is 2. The zero-order valence-electron chi connectivity index (χ0n) is 15.7. The first-order valence-electron chi connectivity index (χ1n) is 8.24. The molecule has 1 atom stereocenters. The highest BCUT2D eigenvalue weighted by molar-refractivity contribution is 6.32. The van der Waals surface area contributed by atoms with Crippen LogP contribution in [0.5, 0.6) is 11.5 Å². The fourth-order valence-corrected chi connectivity index (χ4v) is 2.86. The molecule has 2 N–H and O–H groups in total. The molecule has 6 nitrogen and oxygen atoms in total. The van der Waals surface area contributed by atoms with E-state index in [1.165, 1.54) is 26.4 Å². The Morgan fingerprint density at radius 1 is 1.19 bits per heavy atom. The number of carbonyl (C=O) groups excluding carboxylic acids is 1. The number of amides is 2. The van der Waals surface area contributed by atoms with Crippen molar-refractivity contribution >= 4 is 23.3 Å². The molecule has 0 aliphatic carbocycles. The third kappa shape index (κ3) is 5.48. The molecule has 0 saturated carbocycles. The fourth-order valence-electron chi connectivity index (χ4n) is 2.63. The number of benzene rings is 2. The van der Waals surface area contributed by atoms with Crippen molar-refractivity contribution in [3.05, 3.63) is 52.8 Å². The minimum Gasteiger partial charge on any atom is -0.495 e. The number of hydrogen-bond donors (Lipinski definition) is 2. The molecule has 0 aliphatic rings. The Hall–Kier alpha value is -2.51. The number of hydrogen-bond acceptors (Lipinski definition) is 4. The molecule has 0 radical (unpaired) electrons. The molecule has 0 saturated heterocycles. The second-order valence-electron chi connectivity index (χ2n) is 6.06. The Morgan fingerprint density at radius 3 is 2.48 bits per heavy atom. The molecule has 2 aromatic rings. The van der Waals surface area contributed by atoms with Crippen LogP contribution in [0.3, 0.4) is 0 Å². The van der Waals surface area contributed by atoms with Gasteiger partial charge in [-0.25, -0.2) is 9.18 Å². The van der Waals surface area contributed by atoms with Crippen LogP contribution in [0.15, 0.2) is 36.4 Å². The summed E-state index contributed by atoms with van der Waals surface area (Å²) < 4.78 is 23.9. The predicted octanol–water partition coefficient (Wildman–Crippen LogP) is 3.92. The number of methoxy groups -OCH3 is 2. The molecule has 0 aromatic heterocycles. The quantitative estimate of drug-likeness (QED) is 0.745. The van der Waals surface area contributed by atoms with E-state index in [1.807, 2.05) is 25.1 Å². The second-order valence-corrected chi connectivity index (χ2v) is 6.46. The van der Waals surface area contributed by atoms with Crippen LogP contribution in [-0.2, 0) is 0 Å². The van der Waals surface area contributed by atoms with Gasteiger partial charge in [0, 0.05) is 18.7 Å². The first-order chi connectivity index (χ1) is 12.8. The lowest BCUT2D eigenvalue weighted by Gasteiger charge is -2.25. The van der Waals surface area contributed by atoms with Crippen LogP contribution < -0.4 is 20.1 Å². The maximum absolute atomic E-state index is 13.5. The number of anilines is 1. The summed E-state index contributed by atoms with van der Waals surface area (Å²) >= 11 is 6.07. The summed E-state index contributed by atoms with van der Waals surface area (Å²) in [6.45, 7) is 0.287. The SMILES string of the molecule is COc1cc(NC(=O)NCC(c2cccc(F)c2)N(C)C)c(OC)cc1Cl. The minimum atomic E-state index is -0.430. The minimum absolute atomic E-state index is 0.187. The lowest BCUT2D eigenvalue weighted by atomic mass is 10.1. The van der Waals surface area contributed by atoms with Crippen LogP contribution in [-0.4, -0.2) is 45.8 Å². The van der Waals surface area contributed by atoms with E-state index in [0.717, 1.165) is 5.56 Å². The molecule has 8 heteroatoms. The van der Waals surface area contributed by atoms with Crippen LogP contribution in [0, 0.1) is 5.82 Å². The average Bonchev–Trinajstić information content (AvgIpc) is 2.62.